The Morgan fingerprint density at radius 1 is 0.844 bits per heavy atom. The van der Waals surface area contributed by atoms with E-state index < -0.39 is 15.1 Å². The first-order valence-corrected chi connectivity index (χ1v) is 12.7. The quantitative estimate of drug-likeness (QED) is 0.577. The largest absolute Gasteiger partial charge is 0.350 e. The van der Waals surface area contributed by atoms with Gasteiger partial charge in [0.25, 0.3) is 5.91 Å². The number of hydrogen-bond acceptors (Lipinski definition) is 4. The molecule has 2 rings (SSSR count). The number of amides is 1. The van der Waals surface area contributed by atoms with Gasteiger partial charge in [-0.25, -0.2) is 8.42 Å². The lowest BCUT2D eigenvalue weighted by Gasteiger charge is -2.21. The molecule has 0 saturated carbocycles. The molecule has 5 nitrogen and oxygen atoms in total. The molecule has 0 fully saturated rings. The summed E-state index contributed by atoms with van der Waals surface area (Å²) in [7, 11) is -3.19. The summed E-state index contributed by atoms with van der Waals surface area (Å²) in [5.74, 6) is -0.158. The third-order valence-corrected chi connectivity index (χ3v) is 8.30. The number of sulfone groups is 1. The van der Waals surface area contributed by atoms with Gasteiger partial charge in [-0.2, -0.15) is 0 Å². The van der Waals surface area contributed by atoms with E-state index >= 15 is 0 Å². The molecule has 0 saturated heterocycles. The number of carbonyl (C=O) groups is 2. The lowest BCUT2D eigenvalue weighted by molar-refractivity contribution is 0.0941. The number of Topliss-reactive ketones (excluding diaryl/α,β-unsaturated/α-hetero) is 1. The molecule has 0 aliphatic rings. The minimum absolute atomic E-state index is 0.0321. The van der Waals surface area contributed by atoms with Gasteiger partial charge >= 0.3 is 0 Å². The maximum atomic E-state index is 13.0. The standard InChI is InChI=1S/C26H35NO4S/c1-15(2)27-26(29)25-19(7)17(5)23(18(6)20(25)8)13-24(28)22-11-9-21(10-12-22)14-32(30,31)16(3)4/h9-12,15-16H,13-14H2,1-8H3,(H,27,29). The molecule has 0 heterocycles. The molecule has 1 amide bonds. The van der Waals surface area contributed by atoms with Crippen molar-refractivity contribution in [1.82, 2.24) is 5.32 Å². The van der Waals surface area contributed by atoms with Crippen molar-refractivity contribution in [2.45, 2.75) is 78.9 Å². The van der Waals surface area contributed by atoms with E-state index in [1.807, 2.05) is 41.5 Å². The van der Waals surface area contributed by atoms with Crippen LogP contribution in [0.15, 0.2) is 24.3 Å². The van der Waals surface area contributed by atoms with Gasteiger partial charge in [0.1, 0.15) is 0 Å². The smallest absolute Gasteiger partial charge is 0.252 e. The minimum atomic E-state index is -3.19. The molecule has 174 valence electrons. The number of benzene rings is 2. The summed E-state index contributed by atoms with van der Waals surface area (Å²) in [5, 5.41) is 2.52. The van der Waals surface area contributed by atoms with E-state index in [0.29, 0.717) is 16.7 Å². The van der Waals surface area contributed by atoms with Crippen LogP contribution in [0.25, 0.3) is 0 Å². The minimum Gasteiger partial charge on any atom is -0.350 e. The molecular formula is C26H35NO4S. The van der Waals surface area contributed by atoms with Gasteiger partial charge in [0.2, 0.25) is 0 Å². The second-order valence-corrected chi connectivity index (χ2v) is 11.7. The van der Waals surface area contributed by atoms with Crippen molar-refractivity contribution in [3.8, 4) is 0 Å². The Kier molecular flexibility index (Phi) is 8.05. The molecule has 0 aliphatic carbocycles. The molecule has 1 N–H and O–H groups in total. The maximum Gasteiger partial charge on any atom is 0.252 e. The zero-order chi connectivity index (χ0) is 24.4. The van der Waals surface area contributed by atoms with Crippen LogP contribution in [0.4, 0.5) is 0 Å². The molecule has 6 heteroatoms. The fourth-order valence-corrected chi connectivity index (χ4v) is 4.77. The van der Waals surface area contributed by atoms with Crippen molar-refractivity contribution in [2.75, 3.05) is 0 Å². The SMILES string of the molecule is Cc1c(C)c(C(=O)NC(C)C)c(C)c(C)c1CC(=O)c1ccc(CS(=O)(=O)C(C)C)cc1. The highest BCUT2D eigenvalue weighted by atomic mass is 32.2. The first kappa shape index (κ1) is 25.8. The van der Waals surface area contributed by atoms with Gasteiger partial charge in [-0.15, -0.1) is 0 Å². The molecule has 0 bridgehead atoms. The Labute approximate surface area is 192 Å². The Morgan fingerprint density at radius 2 is 1.34 bits per heavy atom. The Morgan fingerprint density at radius 3 is 1.78 bits per heavy atom. The zero-order valence-electron chi connectivity index (χ0n) is 20.4. The van der Waals surface area contributed by atoms with E-state index in [2.05, 4.69) is 5.32 Å². The highest BCUT2D eigenvalue weighted by Gasteiger charge is 2.22. The van der Waals surface area contributed by atoms with E-state index in [9.17, 15) is 18.0 Å². The predicted molar refractivity (Wildman–Crippen MR) is 130 cm³/mol. The van der Waals surface area contributed by atoms with Crippen molar-refractivity contribution < 1.29 is 18.0 Å². The van der Waals surface area contributed by atoms with Crippen molar-refractivity contribution in [2.24, 2.45) is 0 Å². The van der Waals surface area contributed by atoms with Gasteiger partial charge < -0.3 is 5.32 Å². The van der Waals surface area contributed by atoms with Gasteiger partial charge in [0, 0.05) is 23.6 Å². The monoisotopic (exact) mass is 457 g/mol. The molecule has 0 radical (unpaired) electrons. The summed E-state index contributed by atoms with van der Waals surface area (Å²) in [6.07, 6.45) is 0.231. The lowest BCUT2D eigenvalue weighted by atomic mass is 9.85. The van der Waals surface area contributed by atoms with Crippen molar-refractivity contribution in [1.29, 1.82) is 0 Å². The van der Waals surface area contributed by atoms with Gasteiger partial charge in [-0.3, -0.25) is 9.59 Å². The highest BCUT2D eigenvalue weighted by Crippen LogP contribution is 2.28. The highest BCUT2D eigenvalue weighted by molar-refractivity contribution is 7.91. The third kappa shape index (κ3) is 5.66. The Hall–Kier alpha value is -2.47. The zero-order valence-corrected chi connectivity index (χ0v) is 21.2. The van der Waals surface area contributed by atoms with Crippen LogP contribution in [-0.2, 0) is 22.0 Å². The van der Waals surface area contributed by atoms with E-state index in [1.54, 1.807) is 38.1 Å². The molecule has 0 atom stereocenters. The van der Waals surface area contributed by atoms with Crippen LogP contribution in [0.2, 0.25) is 0 Å². The van der Waals surface area contributed by atoms with Crippen LogP contribution in [0.5, 0.6) is 0 Å². The predicted octanol–water partition coefficient (Wildman–Crippen LogP) is 4.81. The summed E-state index contributed by atoms with van der Waals surface area (Å²) in [6, 6.07) is 6.86. The number of hydrogen-bond donors (Lipinski definition) is 1. The van der Waals surface area contributed by atoms with Crippen LogP contribution in [0.3, 0.4) is 0 Å². The number of carbonyl (C=O) groups excluding carboxylic acids is 2. The Bertz CT molecular complexity index is 1100. The van der Waals surface area contributed by atoms with Gasteiger partial charge in [-0.05, 0) is 88.8 Å². The molecule has 2 aromatic carbocycles. The summed E-state index contributed by atoms with van der Waals surface area (Å²) >= 11 is 0. The second kappa shape index (κ2) is 9.99. The summed E-state index contributed by atoms with van der Waals surface area (Å²) in [6.45, 7) is 15.0. The Balaban J connectivity index is 2.31. The van der Waals surface area contributed by atoms with Crippen molar-refractivity contribution >= 4 is 21.5 Å². The number of rotatable bonds is 8. The normalized spacial score (nSPS) is 11.8. The first-order valence-electron chi connectivity index (χ1n) is 11.0. The third-order valence-electron chi connectivity index (χ3n) is 6.13. The molecule has 2 aromatic rings. The first-order chi connectivity index (χ1) is 14.8. The summed E-state index contributed by atoms with van der Waals surface area (Å²) < 4.78 is 24.3. The van der Waals surface area contributed by atoms with E-state index in [1.165, 1.54) is 0 Å². The summed E-state index contributed by atoms with van der Waals surface area (Å²) in [4.78, 5) is 25.7. The lowest BCUT2D eigenvalue weighted by Crippen LogP contribution is -2.31. The average Bonchev–Trinajstić information content (AvgIpc) is 2.69. The van der Waals surface area contributed by atoms with E-state index in [-0.39, 0.29) is 29.9 Å². The van der Waals surface area contributed by atoms with Crippen LogP contribution < -0.4 is 5.32 Å². The van der Waals surface area contributed by atoms with Gasteiger partial charge in [-0.1, -0.05) is 24.3 Å². The average molecular weight is 458 g/mol. The fraction of sp³-hybridized carbons (Fsp3) is 0.462. The molecule has 0 spiro atoms. The van der Waals surface area contributed by atoms with Gasteiger partial charge in [0.15, 0.2) is 15.6 Å². The van der Waals surface area contributed by atoms with E-state index in [4.69, 9.17) is 0 Å². The molecular weight excluding hydrogens is 422 g/mol. The van der Waals surface area contributed by atoms with Crippen molar-refractivity contribution in [3.05, 3.63) is 68.8 Å². The summed E-state index contributed by atoms with van der Waals surface area (Å²) in [5.41, 5.74) is 6.54. The van der Waals surface area contributed by atoms with Gasteiger partial charge in [0.05, 0.1) is 11.0 Å². The molecule has 0 aliphatic heterocycles. The molecule has 32 heavy (non-hydrogen) atoms. The fourth-order valence-electron chi connectivity index (χ4n) is 3.78. The number of ketones is 1. The van der Waals surface area contributed by atoms with Crippen molar-refractivity contribution in [3.63, 3.8) is 0 Å². The van der Waals surface area contributed by atoms with Crippen LogP contribution in [-0.4, -0.2) is 31.4 Å². The van der Waals surface area contributed by atoms with Crippen LogP contribution in [0, 0.1) is 27.7 Å². The topological polar surface area (TPSA) is 80.3 Å². The molecule has 0 aromatic heterocycles. The molecule has 0 unspecified atom stereocenters. The number of nitrogens with one attached hydrogen (secondary N) is 1. The van der Waals surface area contributed by atoms with E-state index in [0.717, 1.165) is 27.8 Å². The van der Waals surface area contributed by atoms with Crippen LogP contribution >= 0.6 is 0 Å². The maximum absolute atomic E-state index is 13.0. The second-order valence-electron chi connectivity index (χ2n) is 9.13. The van der Waals surface area contributed by atoms with Crippen LogP contribution in [0.1, 0.15) is 81.8 Å².